The summed E-state index contributed by atoms with van der Waals surface area (Å²) in [5.41, 5.74) is 4.58. The lowest BCUT2D eigenvalue weighted by atomic mass is 9.79. The lowest BCUT2D eigenvalue weighted by Crippen LogP contribution is -2.55. The number of nitrogens with one attached hydrogen (secondary N) is 3. The number of alkyl halides is 3. The SMILES string of the molecule is Nc1c(Cl)cc(C[C@@H](NC(=O)N2CCC(n3nc(-c4ccccc4)[nH]c3=O)CC2)C(=O)N2CCC(C3CCNCC3)CC2)cc1C(F)(F)F. The van der Waals surface area contributed by atoms with Crippen molar-refractivity contribution in [1.82, 2.24) is 35.2 Å². The number of likely N-dealkylation sites (tertiary alicyclic amines) is 2. The number of nitrogens with zero attached hydrogens (tertiary/aromatic N) is 4. The van der Waals surface area contributed by atoms with Gasteiger partial charge in [-0.05, 0) is 81.1 Å². The van der Waals surface area contributed by atoms with Crippen LogP contribution in [0.3, 0.4) is 0 Å². The first-order chi connectivity index (χ1) is 23.5. The van der Waals surface area contributed by atoms with Gasteiger partial charge in [0.25, 0.3) is 0 Å². The number of nitrogens with two attached hydrogens (primary N) is 1. The van der Waals surface area contributed by atoms with Crippen molar-refractivity contribution in [3.8, 4) is 11.4 Å². The summed E-state index contributed by atoms with van der Waals surface area (Å²) in [6.45, 7) is 3.62. The molecule has 0 saturated carbocycles. The quantitative estimate of drug-likeness (QED) is 0.264. The minimum absolute atomic E-state index is 0.139. The number of hydrogen-bond donors (Lipinski definition) is 4. The van der Waals surface area contributed by atoms with Crippen LogP contribution in [-0.2, 0) is 17.4 Å². The first-order valence-electron chi connectivity index (χ1n) is 16.9. The van der Waals surface area contributed by atoms with Crippen LogP contribution in [-0.4, -0.2) is 81.8 Å². The van der Waals surface area contributed by atoms with Crippen molar-refractivity contribution in [2.45, 2.75) is 63.2 Å². The van der Waals surface area contributed by atoms with Gasteiger partial charge in [0.2, 0.25) is 5.91 Å². The second-order valence-corrected chi connectivity index (χ2v) is 13.7. The minimum Gasteiger partial charge on any atom is -0.397 e. The number of urea groups is 1. The summed E-state index contributed by atoms with van der Waals surface area (Å²) in [5.74, 6) is 1.24. The van der Waals surface area contributed by atoms with E-state index in [0.29, 0.717) is 56.7 Å². The van der Waals surface area contributed by atoms with Gasteiger partial charge >= 0.3 is 17.9 Å². The number of piperidine rings is 3. The Hall–Kier alpha value is -4.04. The molecule has 3 fully saturated rings. The number of benzene rings is 2. The van der Waals surface area contributed by atoms with Crippen LogP contribution in [0.4, 0.5) is 23.7 Å². The highest BCUT2D eigenvalue weighted by atomic mass is 35.5. The third-order valence-electron chi connectivity index (χ3n) is 10.2. The van der Waals surface area contributed by atoms with Gasteiger partial charge in [-0.15, -0.1) is 5.10 Å². The number of nitrogen functional groups attached to an aromatic ring is 1. The number of hydrogen-bond acceptors (Lipinski definition) is 6. The van der Waals surface area contributed by atoms with Gasteiger partial charge in [0.1, 0.15) is 6.04 Å². The molecule has 5 N–H and O–H groups in total. The topological polar surface area (TPSA) is 141 Å². The maximum Gasteiger partial charge on any atom is 0.418 e. The molecule has 4 heterocycles. The molecule has 49 heavy (non-hydrogen) atoms. The molecular formula is C34H42ClF3N8O3. The van der Waals surface area contributed by atoms with E-state index in [1.165, 1.54) is 10.7 Å². The summed E-state index contributed by atoms with van der Waals surface area (Å²) in [7, 11) is 0. The number of halogens is 4. The smallest absolute Gasteiger partial charge is 0.397 e. The Bertz CT molecular complexity index is 1680. The van der Waals surface area contributed by atoms with Crippen LogP contribution in [0.25, 0.3) is 11.4 Å². The average Bonchev–Trinajstić information content (AvgIpc) is 3.51. The number of carbonyl (C=O) groups is 2. The van der Waals surface area contributed by atoms with E-state index in [-0.39, 0.29) is 34.6 Å². The van der Waals surface area contributed by atoms with E-state index in [0.717, 1.165) is 50.4 Å². The van der Waals surface area contributed by atoms with Crippen LogP contribution in [0.5, 0.6) is 0 Å². The van der Waals surface area contributed by atoms with Crippen molar-refractivity contribution in [1.29, 1.82) is 0 Å². The lowest BCUT2D eigenvalue weighted by molar-refractivity contribution is -0.137. The second-order valence-electron chi connectivity index (χ2n) is 13.3. The number of anilines is 1. The fourth-order valence-electron chi connectivity index (χ4n) is 7.45. The summed E-state index contributed by atoms with van der Waals surface area (Å²) >= 11 is 6.11. The summed E-state index contributed by atoms with van der Waals surface area (Å²) in [4.78, 5) is 46.4. The molecule has 3 aromatic rings. The Morgan fingerprint density at radius 1 is 0.959 bits per heavy atom. The molecular weight excluding hydrogens is 661 g/mol. The zero-order valence-electron chi connectivity index (χ0n) is 27.1. The van der Waals surface area contributed by atoms with Crippen molar-refractivity contribution in [3.05, 3.63) is 69.1 Å². The van der Waals surface area contributed by atoms with Crippen molar-refractivity contribution >= 4 is 29.2 Å². The van der Waals surface area contributed by atoms with Crippen LogP contribution in [0, 0.1) is 11.8 Å². The first kappa shape index (κ1) is 34.8. The van der Waals surface area contributed by atoms with Crippen LogP contribution in [0.2, 0.25) is 5.02 Å². The molecule has 0 radical (unpaired) electrons. The third kappa shape index (κ3) is 8.07. The molecule has 11 nitrogen and oxygen atoms in total. The Labute approximate surface area is 287 Å². The first-order valence-corrected chi connectivity index (χ1v) is 17.3. The fourth-order valence-corrected chi connectivity index (χ4v) is 7.70. The van der Waals surface area contributed by atoms with E-state index in [2.05, 4.69) is 20.7 Å². The summed E-state index contributed by atoms with van der Waals surface area (Å²) in [5, 5.41) is 10.4. The molecule has 264 valence electrons. The maximum atomic E-state index is 14.0. The standard InChI is InChI=1S/C34H42ClF3N8O3/c35-27-19-21(18-26(29(27)39)34(36,37)38)20-28(31(47)44-14-8-23(9-15-44)22-6-12-40-13-7-22)41-32(48)45-16-10-25(11-17-45)46-33(49)42-30(43-46)24-4-2-1-3-5-24/h1-5,18-19,22-23,25,28,40H,6-17,20,39H2,(H,41,48)(H,42,43,49)/t28-/m1/s1. The van der Waals surface area contributed by atoms with Crippen molar-refractivity contribution in [3.63, 3.8) is 0 Å². The second kappa shape index (κ2) is 14.8. The number of aromatic nitrogens is 3. The number of H-pyrrole nitrogens is 1. The Kier molecular flexibility index (Phi) is 10.5. The monoisotopic (exact) mass is 702 g/mol. The zero-order chi connectivity index (χ0) is 34.7. The Morgan fingerprint density at radius 2 is 1.59 bits per heavy atom. The van der Waals surface area contributed by atoms with Gasteiger partial charge in [-0.1, -0.05) is 41.9 Å². The van der Waals surface area contributed by atoms with Crippen LogP contribution in [0.15, 0.2) is 47.3 Å². The predicted octanol–water partition coefficient (Wildman–Crippen LogP) is 4.69. The number of rotatable bonds is 7. The van der Waals surface area contributed by atoms with Gasteiger partial charge < -0.3 is 26.2 Å². The van der Waals surface area contributed by atoms with Gasteiger partial charge in [-0.2, -0.15) is 13.2 Å². The van der Waals surface area contributed by atoms with Crippen molar-refractivity contribution < 1.29 is 22.8 Å². The lowest BCUT2D eigenvalue weighted by Gasteiger charge is -2.39. The van der Waals surface area contributed by atoms with Gasteiger partial charge in [0.15, 0.2) is 5.82 Å². The van der Waals surface area contributed by atoms with Gasteiger partial charge in [0.05, 0.1) is 22.3 Å². The normalized spacial score (nSPS) is 19.2. The maximum absolute atomic E-state index is 14.0. The third-order valence-corrected chi connectivity index (χ3v) is 10.5. The van der Waals surface area contributed by atoms with E-state index in [9.17, 15) is 27.6 Å². The molecule has 2 aromatic carbocycles. The van der Waals surface area contributed by atoms with Gasteiger partial charge in [-0.25, -0.2) is 14.3 Å². The fraction of sp³-hybridized carbons (Fsp3) is 0.529. The molecule has 3 saturated heterocycles. The molecule has 3 aliphatic heterocycles. The van der Waals surface area contributed by atoms with E-state index in [1.807, 2.05) is 30.3 Å². The molecule has 1 aromatic heterocycles. The number of aromatic amines is 1. The zero-order valence-corrected chi connectivity index (χ0v) is 27.9. The number of amides is 3. The van der Waals surface area contributed by atoms with Gasteiger partial charge in [-0.3, -0.25) is 9.78 Å². The van der Waals surface area contributed by atoms with Gasteiger partial charge in [0, 0.05) is 38.2 Å². The minimum atomic E-state index is -4.74. The largest absolute Gasteiger partial charge is 0.418 e. The van der Waals surface area contributed by atoms with E-state index in [4.69, 9.17) is 17.3 Å². The molecule has 15 heteroatoms. The summed E-state index contributed by atoms with van der Waals surface area (Å²) < 4.78 is 42.8. The molecule has 3 aliphatic rings. The molecule has 0 unspecified atom stereocenters. The molecule has 1 atom stereocenters. The van der Waals surface area contributed by atoms with E-state index < -0.39 is 29.5 Å². The van der Waals surface area contributed by atoms with E-state index >= 15 is 0 Å². The Morgan fingerprint density at radius 3 is 2.24 bits per heavy atom. The molecule has 3 amide bonds. The predicted molar refractivity (Wildman–Crippen MR) is 180 cm³/mol. The van der Waals surface area contributed by atoms with Crippen LogP contribution >= 0.6 is 11.6 Å². The Balaban J connectivity index is 1.14. The van der Waals surface area contributed by atoms with Crippen molar-refractivity contribution in [2.75, 3.05) is 45.0 Å². The highest BCUT2D eigenvalue weighted by Gasteiger charge is 2.37. The van der Waals surface area contributed by atoms with Crippen molar-refractivity contribution in [2.24, 2.45) is 11.8 Å². The molecule has 6 rings (SSSR count). The summed E-state index contributed by atoms with van der Waals surface area (Å²) in [6, 6.07) is 9.65. The highest BCUT2D eigenvalue weighted by Crippen LogP contribution is 2.38. The van der Waals surface area contributed by atoms with E-state index in [1.54, 1.807) is 9.80 Å². The van der Waals surface area contributed by atoms with Crippen LogP contribution in [0.1, 0.15) is 55.7 Å². The molecule has 0 bridgehead atoms. The molecule has 0 spiro atoms. The summed E-state index contributed by atoms with van der Waals surface area (Å²) in [6.07, 6.45) is -0.124. The highest BCUT2D eigenvalue weighted by molar-refractivity contribution is 6.33. The van der Waals surface area contributed by atoms with Crippen LogP contribution < -0.4 is 22.1 Å². The molecule has 0 aliphatic carbocycles. The number of carbonyl (C=O) groups excluding carboxylic acids is 2. The average molecular weight is 703 g/mol.